The lowest BCUT2D eigenvalue weighted by molar-refractivity contribution is 0.143. The second kappa shape index (κ2) is 4.81. The van der Waals surface area contributed by atoms with Gasteiger partial charge in [0.05, 0.1) is 0 Å². The van der Waals surface area contributed by atoms with Crippen molar-refractivity contribution >= 4 is 0 Å². The molecule has 0 amide bonds. The zero-order valence-electron chi connectivity index (χ0n) is 11.4. The summed E-state index contributed by atoms with van der Waals surface area (Å²) in [6, 6.07) is 8.66. The molecule has 1 saturated carbocycles. The van der Waals surface area contributed by atoms with E-state index in [1.807, 2.05) is 0 Å². The SMILES string of the molecule is Cc1ccccc1CC1(N)CCCC(C)C1C. The molecular weight excluding hydrogens is 206 g/mol. The molecule has 0 bridgehead atoms. The van der Waals surface area contributed by atoms with Gasteiger partial charge in [-0.1, -0.05) is 51.0 Å². The number of benzene rings is 1. The highest BCUT2D eigenvalue weighted by Gasteiger charge is 2.38. The van der Waals surface area contributed by atoms with Gasteiger partial charge in [-0.3, -0.25) is 0 Å². The van der Waals surface area contributed by atoms with Crippen LogP contribution in [0.15, 0.2) is 24.3 Å². The van der Waals surface area contributed by atoms with Gasteiger partial charge in [0.15, 0.2) is 0 Å². The standard InChI is InChI=1S/C16H25N/c1-12-8-6-10-16(17,14(12)3)11-15-9-5-4-7-13(15)2/h4-5,7,9,12,14H,6,8,10-11,17H2,1-3H3. The van der Waals surface area contributed by atoms with E-state index in [0.29, 0.717) is 5.92 Å². The minimum Gasteiger partial charge on any atom is -0.325 e. The lowest BCUT2D eigenvalue weighted by atomic mass is 9.66. The van der Waals surface area contributed by atoms with E-state index in [1.54, 1.807) is 0 Å². The molecule has 0 aromatic heterocycles. The number of rotatable bonds is 2. The van der Waals surface area contributed by atoms with Gasteiger partial charge in [-0.25, -0.2) is 0 Å². The summed E-state index contributed by atoms with van der Waals surface area (Å²) in [7, 11) is 0. The van der Waals surface area contributed by atoms with Crippen LogP contribution >= 0.6 is 0 Å². The van der Waals surface area contributed by atoms with Gasteiger partial charge in [0.2, 0.25) is 0 Å². The van der Waals surface area contributed by atoms with Crippen molar-refractivity contribution in [1.82, 2.24) is 0 Å². The average Bonchev–Trinajstić information content (AvgIpc) is 2.29. The summed E-state index contributed by atoms with van der Waals surface area (Å²) in [6.45, 7) is 6.88. The van der Waals surface area contributed by atoms with Gasteiger partial charge < -0.3 is 5.73 Å². The number of hydrogen-bond donors (Lipinski definition) is 1. The lowest BCUT2D eigenvalue weighted by Crippen LogP contribution is -2.52. The van der Waals surface area contributed by atoms with Gasteiger partial charge in [0, 0.05) is 5.54 Å². The predicted molar refractivity (Wildman–Crippen MR) is 74.0 cm³/mol. The molecule has 1 aromatic carbocycles. The van der Waals surface area contributed by atoms with Gasteiger partial charge in [-0.2, -0.15) is 0 Å². The molecule has 1 aliphatic rings. The molecule has 1 heteroatoms. The minimum absolute atomic E-state index is 0.00375. The molecule has 1 nitrogen and oxygen atoms in total. The van der Waals surface area contributed by atoms with Gasteiger partial charge in [-0.15, -0.1) is 0 Å². The van der Waals surface area contributed by atoms with Crippen molar-refractivity contribution in [2.24, 2.45) is 17.6 Å². The zero-order valence-corrected chi connectivity index (χ0v) is 11.4. The highest BCUT2D eigenvalue weighted by molar-refractivity contribution is 5.28. The van der Waals surface area contributed by atoms with Gasteiger partial charge in [0.1, 0.15) is 0 Å². The van der Waals surface area contributed by atoms with Crippen LogP contribution in [0.4, 0.5) is 0 Å². The molecule has 1 fully saturated rings. The first-order valence-corrected chi connectivity index (χ1v) is 6.86. The first-order chi connectivity index (χ1) is 8.03. The van der Waals surface area contributed by atoms with Crippen LogP contribution in [0.25, 0.3) is 0 Å². The summed E-state index contributed by atoms with van der Waals surface area (Å²) >= 11 is 0. The fraction of sp³-hybridized carbons (Fsp3) is 0.625. The van der Waals surface area contributed by atoms with E-state index in [4.69, 9.17) is 5.73 Å². The second-order valence-corrected chi connectivity index (χ2v) is 5.99. The summed E-state index contributed by atoms with van der Waals surface area (Å²) in [5, 5.41) is 0. The third kappa shape index (κ3) is 2.55. The summed E-state index contributed by atoms with van der Waals surface area (Å²) in [4.78, 5) is 0. The van der Waals surface area contributed by atoms with E-state index in [0.717, 1.165) is 12.3 Å². The van der Waals surface area contributed by atoms with Crippen LogP contribution < -0.4 is 5.73 Å². The Bertz CT molecular complexity index is 385. The molecule has 1 aromatic rings. The van der Waals surface area contributed by atoms with E-state index >= 15 is 0 Å². The average molecular weight is 231 g/mol. The first-order valence-electron chi connectivity index (χ1n) is 6.86. The van der Waals surface area contributed by atoms with E-state index in [1.165, 1.54) is 30.4 Å². The normalized spacial score (nSPS) is 33.6. The molecule has 0 aliphatic heterocycles. The van der Waals surface area contributed by atoms with Crippen molar-refractivity contribution < 1.29 is 0 Å². The molecule has 2 N–H and O–H groups in total. The van der Waals surface area contributed by atoms with Crippen molar-refractivity contribution in [3.63, 3.8) is 0 Å². The number of aryl methyl sites for hydroxylation is 1. The van der Waals surface area contributed by atoms with Crippen molar-refractivity contribution in [1.29, 1.82) is 0 Å². The van der Waals surface area contributed by atoms with Crippen LogP contribution in [0.5, 0.6) is 0 Å². The smallest absolute Gasteiger partial charge is 0.0223 e. The Balaban J connectivity index is 2.19. The minimum atomic E-state index is 0.00375. The van der Waals surface area contributed by atoms with Crippen molar-refractivity contribution in [2.45, 2.75) is 52.0 Å². The highest BCUT2D eigenvalue weighted by atomic mass is 14.8. The molecule has 94 valence electrons. The Morgan fingerprint density at radius 3 is 2.71 bits per heavy atom. The Hall–Kier alpha value is -0.820. The molecule has 0 heterocycles. The molecule has 0 spiro atoms. The Morgan fingerprint density at radius 1 is 1.29 bits per heavy atom. The maximum Gasteiger partial charge on any atom is 0.0223 e. The van der Waals surface area contributed by atoms with Crippen LogP contribution in [0.2, 0.25) is 0 Å². The maximum absolute atomic E-state index is 6.69. The van der Waals surface area contributed by atoms with Gasteiger partial charge >= 0.3 is 0 Å². The molecule has 3 unspecified atom stereocenters. The third-order valence-electron chi connectivity index (χ3n) is 4.84. The first kappa shape index (κ1) is 12.6. The Kier molecular flexibility index (Phi) is 3.58. The van der Waals surface area contributed by atoms with E-state index < -0.39 is 0 Å². The van der Waals surface area contributed by atoms with Crippen molar-refractivity contribution in [3.8, 4) is 0 Å². The second-order valence-electron chi connectivity index (χ2n) is 5.99. The van der Waals surface area contributed by atoms with E-state index in [9.17, 15) is 0 Å². The lowest BCUT2D eigenvalue weighted by Gasteiger charge is -2.43. The van der Waals surface area contributed by atoms with E-state index in [2.05, 4.69) is 45.0 Å². The van der Waals surface area contributed by atoms with Crippen molar-refractivity contribution in [2.75, 3.05) is 0 Å². The fourth-order valence-electron chi connectivity index (χ4n) is 3.21. The summed E-state index contributed by atoms with van der Waals surface area (Å²) in [5.41, 5.74) is 9.50. The molecule has 2 rings (SSSR count). The molecule has 1 aliphatic carbocycles. The Labute approximate surface area is 105 Å². The van der Waals surface area contributed by atoms with Gasteiger partial charge in [-0.05, 0) is 42.7 Å². The number of hydrogen-bond acceptors (Lipinski definition) is 1. The summed E-state index contributed by atoms with van der Waals surface area (Å²) in [6.07, 6.45) is 4.83. The highest BCUT2D eigenvalue weighted by Crippen LogP contribution is 2.38. The molecule has 0 saturated heterocycles. The fourth-order valence-corrected chi connectivity index (χ4v) is 3.21. The van der Waals surface area contributed by atoms with Crippen LogP contribution in [-0.4, -0.2) is 5.54 Å². The van der Waals surface area contributed by atoms with Crippen LogP contribution in [0.1, 0.15) is 44.2 Å². The molecule has 0 radical (unpaired) electrons. The largest absolute Gasteiger partial charge is 0.325 e. The van der Waals surface area contributed by atoms with Crippen LogP contribution in [0.3, 0.4) is 0 Å². The summed E-state index contributed by atoms with van der Waals surface area (Å²) in [5.74, 6) is 1.38. The Morgan fingerprint density at radius 2 is 2.00 bits per heavy atom. The topological polar surface area (TPSA) is 26.0 Å². The third-order valence-corrected chi connectivity index (χ3v) is 4.84. The molecular formula is C16H25N. The maximum atomic E-state index is 6.69. The van der Waals surface area contributed by atoms with E-state index in [-0.39, 0.29) is 5.54 Å². The monoisotopic (exact) mass is 231 g/mol. The predicted octanol–water partition coefficient (Wildman–Crippen LogP) is 3.69. The van der Waals surface area contributed by atoms with Crippen LogP contribution in [-0.2, 0) is 6.42 Å². The van der Waals surface area contributed by atoms with Crippen molar-refractivity contribution in [3.05, 3.63) is 35.4 Å². The van der Waals surface area contributed by atoms with Gasteiger partial charge in [0.25, 0.3) is 0 Å². The zero-order chi connectivity index (χ0) is 12.5. The number of nitrogens with two attached hydrogens (primary N) is 1. The quantitative estimate of drug-likeness (QED) is 0.825. The molecule has 3 atom stereocenters. The molecule has 17 heavy (non-hydrogen) atoms. The summed E-state index contributed by atoms with van der Waals surface area (Å²) < 4.78 is 0. The van der Waals surface area contributed by atoms with Crippen LogP contribution in [0, 0.1) is 18.8 Å².